The van der Waals surface area contributed by atoms with E-state index in [9.17, 15) is 8.42 Å². The average molecular weight is 286 g/mol. The molecule has 0 aromatic carbocycles. The second-order valence-corrected chi connectivity index (χ2v) is 6.40. The highest BCUT2D eigenvalue weighted by Gasteiger charge is 2.19. The van der Waals surface area contributed by atoms with Gasteiger partial charge in [0.05, 0.1) is 11.9 Å². The molecule has 2 aromatic heterocycles. The van der Waals surface area contributed by atoms with E-state index in [1.165, 1.54) is 17.5 Å². The first-order chi connectivity index (χ1) is 8.53. The summed E-state index contributed by atoms with van der Waals surface area (Å²) in [6, 6.07) is 1.61. The average Bonchev–Trinajstić information content (AvgIpc) is 2.88. The van der Waals surface area contributed by atoms with E-state index in [-0.39, 0.29) is 0 Å². The zero-order chi connectivity index (χ0) is 13.2. The van der Waals surface area contributed by atoms with Crippen molar-refractivity contribution in [3.63, 3.8) is 0 Å². The van der Waals surface area contributed by atoms with Crippen LogP contribution in [0.5, 0.6) is 0 Å². The van der Waals surface area contributed by atoms with Crippen LogP contribution in [-0.2, 0) is 23.6 Å². The number of rotatable bonds is 5. The van der Waals surface area contributed by atoms with Crippen LogP contribution in [0.1, 0.15) is 4.88 Å². The van der Waals surface area contributed by atoms with Gasteiger partial charge in [-0.15, -0.1) is 11.3 Å². The minimum atomic E-state index is -3.54. The van der Waals surface area contributed by atoms with Gasteiger partial charge in [0.2, 0.25) is 0 Å². The summed E-state index contributed by atoms with van der Waals surface area (Å²) in [6.07, 6.45) is 3.09. The second-order valence-electron chi connectivity index (χ2n) is 3.75. The van der Waals surface area contributed by atoms with Crippen molar-refractivity contribution in [3.8, 4) is 0 Å². The number of nitrogens with one attached hydrogen (secondary N) is 2. The summed E-state index contributed by atoms with van der Waals surface area (Å²) >= 11 is 1.41. The van der Waals surface area contributed by atoms with Crippen LogP contribution in [0.25, 0.3) is 0 Å². The van der Waals surface area contributed by atoms with Crippen LogP contribution in [0.4, 0.5) is 5.69 Å². The van der Waals surface area contributed by atoms with Crippen molar-refractivity contribution in [2.75, 3.05) is 11.8 Å². The predicted octanol–water partition coefficient (Wildman–Crippen LogP) is 1.00. The van der Waals surface area contributed by atoms with E-state index >= 15 is 0 Å². The lowest BCUT2D eigenvalue weighted by Crippen LogP contribution is -2.15. The lowest BCUT2D eigenvalue weighted by molar-refractivity contribution is 0.600. The first-order valence-corrected chi connectivity index (χ1v) is 7.61. The van der Waals surface area contributed by atoms with Crippen LogP contribution < -0.4 is 10.0 Å². The Balaban J connectivity index is 2.27. The maximum Gasteiger partial charge on any atom is 0.263 e. The maximum atomic E-state index is 12.2. The van der Waals surface area contributed by atoms with Gasteiger partial charge < -0.3 is 5.32 Å². The van der Waals surface area contributed by atoms with Gasteiger partial charge in [0.25, 0.3) is 10.0 Å². The van der Waals surface area contributed by atoms with Gasteiger partial charge in [-0.1, -0.05) is 0 Å². The fourth-order valence-corrected chi connectivity index (χ4v) is 4.03. The molecule has 8 heteroatoms. The minimum Gasteiger partial charge on any atom is -0.315 e. The minimum absolute atomic E-state index is 0.311. The number of aryl methyl sites for hydroxylation is 1. The lowest BCUT2D eigenvalue weighted by Gasteiger charge is -2.06. The lowest BCUT2D eigenvalue weighted by atomic mass is 10.5. The van der Waals surface area contributed by atoms with E-state index in [1.807, 2.05) is 0 Å². The Morgan fingerprint density at radius 1 is 1.50 bits per heavy atom. The molecule has 2 rings (SSSR count). The van der Waals surface area contributed by atoms with E-state index in [0.29, 0.717) is 17.1 Å². The Morgan fingerprint density at radius 2 is 2.28 bits per heavy atom. The molecule has 0 aliphatic heterocycles. The zero-order valence-corrected chi connectivity index (χ0v) is 11.7. The molecular weight excluding hydrogens is 272 g/mol. The van der Waals surface area contributed by atoms with Crippen LogP contribution in [-0.4, -0.2) is 25.2 Å². The number of hydrogen-bond donors (Lipinski definition) is 2. The van der Waals surface area contributed by atoms with Gasteiger partial charge in [-0.2, -0.15) is 5.10 Å². The van der Waals surface area contributed by atoms with Gasteiger partial charge in [0.1, 0.15) is 4.90 Å². The fraction of sp³-hybridized carbons (Fsp3) is 0.300. The Hall–Kier alpha value is -1.38. The monoisotopic (exact) mass is 286 g/mol. The zero-order valence-electron chi connectivity index (χ0n) is 10.0. The topological polar surface area (TPSA) is 76.0 Å². The smallest absolute Gasteiger partial charge is 0.263 e. The molecule has 2 heterocycles. The third-order valence-electron chi connectivity index (χ3n) is 2.29. The van der Waals surface area contributed by atoms with Gasteiger partial charge >= 0.3 is 0 Å². The third kappa shape index (κ3) is 2.71. The van der Waals surface area contributed by atoms with Crippen LogP contribution in [0.2, 0.25) is 0 Å². The van der Waals surface area contributed by atoms with Crippen LogP contribution in [0, 0.1) is 0 Å². The Labute approximate surface area is 110 Å². The molecule has 98 valence electrons. The molecule has 18 heavy (non-hydrogen) atoms. The van der Waals surface area contributed by atoms with Crippen molar-refractivity contribution in [1.29, 1.82) is 0 Å². The molecule has 6 nitrogen and oxygen atoms in total. The molecule has 0 bridgehead atoms. The van der Waals surface area contributed by atoms with Crippen molar-refractivity contribution in [1.82, 2.24) is 15.1 Å². The summed E-state index contributed by atoms with van der Waals surface area (Å²) in [5.74, 6) is 0. The van der Waals surface area contributed by atoms with E-state index < -0.39 is 10.0 Å². The largest absolute Gasteiger partial charge is 0.315 e. The third-order valence-corrected chi connectivity index (χ3v) is 4.80. The fourth-order valence-electron chi connectivity index (χ4n) is 1.54. The quantitative estimate of drug-likeness (QED) is 0.860. The summed E-state index contributed by atoms with van der Waals surface area (Å²) in [4.78, 5) is 1.10. The van der Waals surface area contributed by atoms with Crippen molar-refractivity contribution < 1.29 is 8.42 Å². The molecule has 0 saturated carbocycles. The summed E-state index contributed by atoms with van der Waals surface area (Å²) in [7, 11) is -0.0291. The number of sulfonamides is 1. The molecule has 0 unspecified atom stereocenters. The van der Waals surface area contributed by atoms with Gasteiger partial charge in [-0.05, 0) is 18.5 Å². The molecule has 0 fully saturated rings. The predicted molar refractivity (Wildman–Crippen MR) is 71.1 cm³/mol. The van der Waals surface area contributed by atoms with Crippen molar-refractivity contribution >= 4 is 27.0 Å². The first-order valence-electron chi connectivity index (χ1n) is 5.25. The highest BCUT2D eigenvalue weighted by Crippen LogP contribution is 2.23. The molecule has 0 saturated heterocycles. The molecule has 0 radical (unpaired) electrons. The summed E-state index contributed by atoms with van der Waals surface area (Å²) in [5.41, 5.74) is 0.458. The molecule has 0 aliphatic rings. The van der Waals surface area contributed by atoms with Crippen molar-refractivity contribution in [3.05, 3.63) is 28.7 Å². The summed E-state index contributed by atoms with van der Waals surface area (Å²) in [5, 5.41) is 8.64. The Bertz CT molecular complexity index is 630. The Morgan fingerprint density at radius 3 is 2.89 bits per heavy atom. The molecular formula is C10H14N4O2S2. The van der Waals surface area contributed by atoms with Gasteiger partial charge in [0.15, 0.2) is 0 Å². The molecule has 0 spiro atoms. The van der Waals surface area contributed by atoms with Crippen LogP contribution in [0.3, 0.4) is 0 Å². The van der Waals surface area contributed by atoms with Gasteiger partial charge in [-0.25, -0.2) is 8.42 Å². The van der Waals surface area contributed by atoms with Crippen LogP contribution in [0.15, 0.2) is 28.7 Å². The SMILES string of the molecule is CNCc1sccc1S(=O)(=O)Nc1cnn(C)c1. The van der Waals surface area contributed by atoms with Gasteiger partial charge in [0, 0.05) is 24.7 Å². The number of aromatic nitrogens is 2. The molecule has 0 atom stereocenters. The Kier molecular flexibility index (Phi) is 3.69. The van der Waals surface area contributed by atoms with Crippen molar-refractivity contribution in [2.24, 2.45) is 7.05 Å². The van der Waals surface area contributed by atoms with E-state index in [0.717, 1.165) is 4.88 Å². The molecule has 0 amide bonds. The summed E-state index contributed by atoms with van der Waals surface area (Å²) in [6.45, 7) is 0.529. The standard InChI is InChI=1S/C10H14N4O2S2/c1-11-6-9-10(3-4-17-9)18(15,16)13-8-5-12-14(2)7-8/h3-5,7,11,13H,6H2,1-2H3. The number of hydrogen-bond acceptors (Lipinski definition) is 5. The van der Waals surface area contributed by atoms with E-state index in [4.69, 9.17) is 0 Å². The van der Waals surface area contributed by atoms with Crippen LogP contribution >= 0.6 is 11.3 Å². The van der Waals surface area contributed by atoms with Gasteiger partial charge in [-0.3, -0.25) is 9.40 Å². The van der Waals surface area contributed by atoms with Crippen molar-refractivity contribution in [2.45, 2.75) is 11.4 Å². The highest BCUT2D eigenvalue weighted by atomic mass is 32.2. The first kappa shape index (κ1) is 13.1. The number of thiophene rings is 1. The summed E-state index contributed by atoms with van der Waals surface area (Å²) < 4.78 is 28.4. The molecule has 2 N–H and O–H groups in total. The normalized spacial score (nSPS) is 11.7. The number of nitrogens with zero attached hydrogens (tertiary/aromatic N) is 2. The van der Waals surface area contributed by atoms with E-state index in [2.05, 4.69) is 15.1 Å². The van der Waals surface area contributed by atoms with E-state index in [1.54, 1.807) is 36.4 Å². The molecule has 2 aromatic rings. The second kappa shape index (κ2) is 5.09. The number of anilines is 1. The highest BCUT2D eigenvalue weighted by molar-refractivity contribution is 7.93. The molecule has 0 aliphatic carbocycles. The maximum absolute atomic E-state index is 12.2.